The summed E-state index contributed by atoms with van der Waals surface area (Å²) >= 11 is 0. The summed E-state index contributed by atoms with van der Waals surface area (Å²) in [6.45, 7) is 5.34. The zero-order valence-corrected chi connectivity index (χ0v) is 11.0. The van der Waals surface area contributed by atoms with Gasteiger partial charge in [-0.1, -0.05) is 25.1 Å². The third-order valence-electron chi connectivity index (χ3n) is 2.61. The quantitative estimate of drug-likeness (QED) is 0.894. The maximum atomic E-state index is 11.9. The number of nitrogens with zero attached hydrogens (tertiary/aromatic N) is 1. The molecule has 0 aliphatic carbocycles. The van der Waals surface area contributed by atoms with E-state index in [1.165, 1.54) is 0 Å². The van der Waals surface area contributed by atoms with Gasteiger partial charge >= 0.3 is 0 Å². The molecule has 0 aliphatic heterocycles. The largest absolute Gasteiger partial charge is 0.282 e. The van der Waals surface area contributed by atoms with Crippen molar-refractivity contribution in [2.24, 2.45) is 0 Å². The lowest BCUT2D eigenvalue weighted by Gasteiger charge is -2.15. The van der Waals surface area contributed by atoms with E-state index in [2.05, 4.69) is 4.72 Å². The van der Waals surface area contributed by atoms with E-state index in [0.717, 1.165) is 11.1 Å². The molecule has 4 nitrogen and oxygen atoms in total. The molecule has 0 heterocycles. The van der Waals surface area contributed by atoms with Crippen molar-refractivity contribution < 1.29 is 8.42 Å². The number of nitriles is 1. The van der Waals surface area contributed by atoms with E-state index < -0.39 is 15.3 Å². The number of anilines is 1. The number of benzene rings is 1. The molecule has 0 saturated heterocycles. The molecule has 0 aliphatic rings. The molecule has 0 fully saturated rings. The number of hydrogen-bond donors (Lipinski definition) is 1. The molecule has 0 bridgehead atoms. The molecule has 0 aromatic heterocycles. The van der Waals surface area contributed by atoms with Gasteiger partial charge in [0.1, 0.15) is 0 Å². The highest BCUT2D eigenvalue weighted by Crippen LogP contribution is 2.22. The number of para-hydroxylation sites is 1. The number of aryl methyl sites for hydroxylation is 2. The summed E-state index contributed by atoms with van der Waals surface area (Å²) < 4.78 is 26.4. The molecule has 92 valence electrons. The van der Waals surface area contributed by atoms with Crippen LogP contribution in [0.4, 0.5) is 5.69 Å². The Hall–Kier alpha value is -1.54. The fourth-order valence-corrected chi connectivity index (χ4v) is 2.90. The number of sulfonamides is 1. The second-order valence-corrected chi connectivity index (χ2v) is 5.80. The van der Waals surface area contributed by atoms with Gasteiger partial charge in [0.05, 0.1) is 11.8 Å². The first-order valence-corrected chi connectivity index (χ1v) is 6.94. The van der Waals surface area contributed by atoms with Crippen molar-refractivity contribution in [2.45, 2.75) is 32.4 Å². The van der Waals surface area contributed by atoms with Crippen LogP contribution in [0.3, 0.4) is 0 Å². The molecule has 5 heteroatoms. The van der Waals surface area contributed by atoms with Crippen LogP contribution in [-0.4, -0.2) is 13.7 Å². The normalized spacial score (nSPS) is 12.8. The summed E-state index contributed by atoms with van der Waals surface area (Å²) in [6, 6.07) is 7.33. The van der Waals surface area contributed by atoms with Crippen molar-refractivity contribution in [2.75, 3.05) is 4.72 Å². The highest BCUT2D eigenvalue weighted by Gasteiger charge is 2.24. The van der Waals surface area contributed by atoms with Crippen LogP contribution in [0.15, 0.2) is 18.2 Å². The van der Waals surface area contributed by atoms with E-state index >= 15 is 0 Å². The Balaban J connectivity index is 3.12. The van der Waals surface area contributed by atoms with Gasteiger partial charge in [-0.3, -0.25) is 4.72 Å². The van der Waals surface area contributed by atoms with Crippen molar-refractivity contribution in [1.82, 2.24) is 0 Å². The van der Waals surface area contributed by atoms with E-state index in [1.54, 1.807) is 13.0 Å². The zero-order chi connectivity index (χ0) is 13.1. The molecule has 1 unspecified atom stereocenters. The van der Waals surface area contributed by atoms with Gasteiger partial charge in [0, 0.05) is 0 Å². The van der Waals surface area contributed by atoms with Gasteiger partial charge in [-0.05, 0) is 31.4 Å². The summed E-state index contributed by atoms with van der Waals surface area (Å²) in [7, 11) is -3.63. The third-order valence-corrected chi connectivity index (χ3v) is 4.29. The lowest BCUT2D eigenvalue weighted by Crippen LogP contribution is -2.26. The minimum atomic E-state index is -3.63. The lowest BCUT2D eigenvalue weighted by molar-refractivity contribution is 0.592. The standard InChI is InChI=1S/C12H16N2O2S/c1-4-11(8-13)17(15,16)14-12-9(2)6-5-7-10(12)3/h5-7,11,14H,4H2,1-3H3. The van der Waals surface area contributed by atoms with Crippen LogP contribution in [0.25, 0.3) is 0 Å². The first-order valence-electron chi connectivity index (χ1n) is 5.39. The minimum absolute atomic E-state index is 0.275. The predicted molar refractivity (Wildman–Crippen MR) is 68.2 cm³/mol. The number of rotatable bonds is 4. The van der Waals surface area contributed by atoms with Gasteiger partial charge < -0.3 is 0 Å². The molecular formula is C12H16N2O2S. The van der Waals surface area contributed by atoms with Gasteiger partial charge in [0.2, 0.25) is 10.0 Å². The Morgan fingerprint density at radius 1 is 1.35 bits per heavy atom. The Bertz CT molecular complexity index is 524. The highest BCUT2D eigenvalue weighted by molar-refractivity contribution is 7.93. The van der Waals surface area contributed by atoms with Crippen LogP contribution in [0.2, 0.25) is 0 Å². The van der Waals surface area contributed by atoms with Gasteiger partial charge in [-0.15, -0.1) is 0 Å². The van der Waals surface area contributed by atoms with Crippen molar-refractivity contribution in [3.05, 3.63) is 29.3 Å². The average Bonchev–Trinajstić information content (AvgIpc) is 2.25. The molecule has 1 atom stereocenters. The van der Waals surface area contributed by atoms with Crippen LogP contribution >= 0.6 is 0 Å². The van der Waals surface area contributed by atoms with Crippen LogP contribution in [0.1, 0.15) is 24.5 Å². The molecule has 1 aromatic rings. The fourth-order valence-electron chi connectivity index (χ4n) is 1.57. The molecule has 0 amide bonds. The van der Waals surface area contributed by atoms with E-state index in [4.69, 9.17) is 5.26 Å². The van der Waals surface area contributed by atoms with Crippen molar-refractivity contribution in [3.63, 3.8) is 0 Å². The van der Waals surface area contributed by atoms with Gasteiger partial charge in [-0.2, -0.15) is 5.26 Å². The number of hydrogen-bond acceptors (Lipinski definition) is 3. The van der Waals surface area contributed by atoms with E-state index in [1.807, 2.05) is 32.0 Å². The van der Waals surface area contributed by atoms with Gasteiger partial charge in [0.25, 0.3) is 0 Å². The molecule has 0 spiro atoms. The third kappa shape index (κ3) is 2.98. The summed E-state index contributed by atoms with van der Waals surface area (Å²) in [5.41, 5.74) is 2.27. The predicted octanol–water partition coefficient (Wildman–Crippen LogP) is 2.35. The Labute approximate surface area is 102 Å². The second kappa shape index (κ2) is 5.19. The Kier molecular flexibility index (Phi) is 4.13. The summed E-state index contributed by atoms with van der Waals surface area (Å²) in [4.78, 5) is 0. The van der Waals surface area contributed by atoms with E-state index in [-0.39, 0.29) is 6.42 Å². The Morgan fingerprint density at radius 2 is 1.88 bits per heavy atom. The molecule has 1 aromatic carbocycles. The molecule has 1 N–H and O–H groups in total. The Morgan fingerprint density at radius 3 is 2.29 bits per heavy atom. The van der Waals surface area contributed by atoms with Crippen LogP contribution in [0, 0.1) is 25.2 Å². The molecular weight excluding hydrogens is 236 g/mol. The SMILES string of the molecule is CCC(C#N)S(=O)(=O)Nc1c(C)cccc1C. The molecule has 1 rings (SSSR count). The first-order chi connectivity index (χ1) is 7.92. The fraction of sp³-hybridized carbons (Fsp3) is 0.417. The van der Waals surface area contributed by atoms with Gasteiger partial charge in [0.15, 0.2) is 5.25 Å². The second-order valence-electron chi connectivity index (χ2n) is 3.94. The van der Waals surface area contributed by atoms with Crippen molar-refractivity contribution in [3.8, 4) is 6.07 Å². The maximum Gasteiger partial charge on any atom is 0.249 e. The average molecular weight is 252 g/mol. The smallest absolute Gasteiger partial charge is 0.249 e. The highest BCUT2D eigenvalue weighted by atomic mass is 32.2. The number of nitrogens with one attached hydrogen (secondary N) is 1. The van der Waals surface area contributed by atoms with Crippen LogP contribution < -0.4 is 4.72 Å². The topological polar surface area (TPSA) is 70.0 Å². The van der Waals surface area contributed by atoms with Crippen molar-refractivity contribution in [1.29, 1.82) is 5.26 Å². The first kappa shape index (κ1) is 13.5. The summed E-state index contributed by atoms with van der Waals surface area (Å²) in [6.07, 6.45) is 0.275. The van der Waals surface area contributed by atoms with E-state index in [0.29, 0.717) is 5.69 Å². The summed E-state index contributed by atoms with van der Waals surface area (Å²) in [5, 5.41) is 7.80. The molecule has 0 saturated carbocycles. The van der Waals surface area contributed by atoms with Crippen LogP contribution in [-0.2, 0) is 10.0 Å². The maximum absolute atomic E-state index is 11.9. The van der Waals surface area contributed by atoms with Crippen LogP contribution in [0.5, 0.6) is 0 Å². The monoisotopic (exact) mass is 252 g/mol. The van der Waals surface area contributed by atoms with Gasteiger partial charge in [-0.25, -0.2) is 8.42 Å². The minimum Gasteiger partial charge on any atom is -0.282 e. The molecule has 17 heavy (non-hydrogen) atoms. The van der Waals surface area contributed by atoms with Crippen molar-refractivity contribution >= 4 is 15.7 Å². The molecule has 0 radical (unpaired) electrons. The lowest BCUT2D eigenvalue weighted by atomic mass is 10.1. The summed E-state index contributed by atoms with van der Waals surface area (Å²) in [5.74, 6) is 0. The van der Waals surface area contributed by atoms with E-state index in [9.17, 15) is 8.42 Å². The zero-order valence-electron chi connectivity index (χ0n) is 10.2.